The van der Waals surface area contributed by atoms with Crippen molar-refractivity contribution in [3.63, 3.8) is 0 Å². The maximum Gasteiger partial charge on any atom is 0.332 e. The van der Waals surface area contributed by atoms with Gasteiger partial charge in [0.1, 0.15) is 6.54 Å². The summed E-state index contributed by atoms with van der Waals surface area (Å²) in [4.78, 5) is 39.4. The summed E-state index contributed by atoms with van der Waals surface area (Å²) in [5.74, 6) is -0.305. The predicted molar refractivity (Wildman–Crippen MR) is 113 cm³/mol. The molecule has 3 aromatic rings. The summed E-state index contributed by atoms with van der Waals surface area (Å²) in [5, 5.41) is 5.41. The third kappa shape index (κ3) is 4.29. The van der Waals surface area contributed by atoms with Gasteiger partial charge in [0.2, 0.25) is 5.91 Å². The normalized spacial score (nSPS) is 16.4. The molecular weight excluding hydrogens is 414 g/mol. The van der Waals surface area contributed by atoms with Crippen LogP contribution in [0.5, 0.6) is 0 Å². The first kappa shape index (κ1) is 19.9. The summed E-state index contributed by atoms with van der Waals surface area (Å²) in [6, 6.07) is 8.46. The van der Waals surface area contributed by atoms with E-state index < -0.39 is 11.2 Å². The maximum absolute atomic E-state index is 13.1. The number of nitrogens with one attached hydrogen (secondary N) is 1. The zero-order chi connectivity index (χ0) is 20.4. The highest BCUT2D eigenvalue weighted by atomic mass is 35.5. The lowest BCUT2D eigenvalue weighted by atomic mass is 10.2. The Morgan fingerprint density at radius 2 is 2.14 bits per heavy atom. The lowest BCUT2D eigenvalue weighted by Crippen LogP contribution is -2.43. The van der Waals surface area contributed by atoms with Crippen LogP contribution in [0.2, 0.25) is 5.02 Å². The standard InChI is InChI=1S/C20H20ClN3O4S/c21-13-5-6-17-16(9-13)19(26)24(11-15-4-2-8-29-15)20(27)23(17)12-18(25)22-10-14-3-1-7-28-14/h2,4-6,8-9,14H,1,3,7,10-12H2,(H,22,25). The number of nitrogens with zero attached hydrogens (tertiary/aromatic N) is 2. The average Bonchev–Trinajstić information content (AvgIpc) is 3.41. The maximum atomic E-state index is 13.1. The van der Waals surface area contributed by atoms with Crippen molar-refractivity contribution < 1.29 is 9.53 Å². The third-order valence-corrected chi connectivity index (χ3v) is 6.03. The Balaban J connectivity index is 1.70. The summed E-state index contributed by atoms with van der Waals surface area (Å²) in [6.45, 7) is 1.08. The first-order valence-electron chi connectivity index (χ1n) is 9.36. The first-order chi connectivity index (χ1) is 14.0. The zero-order valence-electron chi connectivity index (χ0n) is 15.6. The summed E-state index contributed by atoms with van der Waals surface area (Å²) >= 11 is 7.54. The molecule has 4 rings (SSSR count). The lowest BCUT2D eigenvalue weighted by Gasteiger charge is -2.15. The number of carbonyl (C=O) groups excluding carboxylic acids is 1. The van der Waals surface area contributed by atoms with Crippen molar-refractivity contribution >= 4 is 39.7 Å². The number of ether oxygens (including phenoxy) is 1. The molecule has 1 aliphatic heterocycles. The van der Waals surface area contributed by atoms with Gasteiger partial charge in [-0.1, -0.05) is 17.7 Å². The Morgan fingerprint density at radius 3 is 2.86 bits per heavy atom. The van der Waals surface area contributed by atoms with Crippen LogP contribution in [0.4, 0.5) is 0 Å². The molecular formula is C20H20ClN3O4S. The minimum Gasteiger partial charge on any atom is -0.376 e. The highest BCUT2D eigenvalue weighted by molar-refractivity contribution is 7.09. The fourth-order valence-corrected chi connectivity index (χ4v) is 4.34. The van der Waals surface area contributed by atoms with E-state index in [9.17, 15) is 14.4 Å². The number of rotatable bonds is 6. The lowest BCUT2D eigenvalue weighted by molar-refractivity contribution is -0.122. The van der Waals surface area contributed by atoms with Gasteiger partial charge in [-0.15, -0.1) is 11.3 Å². The molecule has 7 nitrogen and oxygen atoms in total. The van der Waals surface area contributed by atoms with E-state index in [0.29, 0.717) is 29.1 Å². The molecule has 1 amide bonds. The molecule has 29 heavy (non-hydrogen) atoms. The molecule has 0 radical (unpaired) electrons. The first-order valence-corrected chi connectivity index (χ1v) is 10.6. The molecule has 0 saturated carbocycles. The molecule has 0 bridgehead atoms. The van der Waals surface area contributed by atoms with Crippen LogP contribution < -0.4 is 16.6 Å². The van der Waals surface area contributed by atoms with E-state index in [2.05, 4.69) is 5.32 Å². The number of thiophene rings is 1. The third-order valence-electron chi connectivity index (χ3n) is 4.93. The number of amides is 1. The molecule has 3 heterocycles. The van der Waals surface area contributed by atoms with Crippen LogP contribution in [0.15, 0.2) is 45.3 Å². The van der Waals surface area contributed by atoms with E-state index in [1.807, 2.05) is 17.5 Å². The van der Waals surface area contributed by atoms with Crippen molar-refractivity contribution in [3.05, 3.63) is 66.4 Å². The molecule has 2 aromatic heterocycles. The quantitative estimate of drug-likeness (QED) is 0.646. The van der Waals surface area contributed by atoms with Gasteiger partial charge in [-0.05, 0) is 42.5 Å². The van der Waals surface area contributed by atoms with E-state index in [4.69, 9.17) is 16.3 Å². The number of aromatic nitrogens is 2. The summed E-state index contributed by atoms with van der Waals surface area (Å²) < 4.78 is 7.99. The predicted octanol–water partition coefficient (Wildman–Crippen LogP) is 2.22. The molecule has 1 saturated heterocycles. The summed E-state index contributed by atoms with van der Waals surface area (Å²) in [7, 11) is 0. The fourth-order valence-electron chi connectivity index (χ4n) is 3.48. The molecule has 1 fully saturated rings. The number of hydrogen-bond donors (Lipinski definition) is 1. The molecule has 1 aliphatic rings. The number of hydrogen-bond acceptors (Lipinski definition) is 5. The summed E-state index contributed by atoms with van der Waals surface area (Å²) in [5.41, 5.74) is -0.554. The van der Waals surface area contributed by atoms with Gasteiger partial charge in [-0.2, -0.15) is 0 Å². The molecule has 9 heteroatoms. The number of carbonyl (C=O) groups is 1. The largest absolute Gasteiger partial charge is 0.376 e. The van der Waals surface area contributed by atoms with Crippen molar-refractivity contribution in [2.75, 3.05) is 13.2 Å². The smallest absolute Gasteiger partial charge is 0.332 e. The van der Waals surface area contributed by atoms with Crippen LogP contribution in [-0.2, 0) is 22.6 Å². The molecule has 1 unspecified atom stereocenters. The van der Waals surface area contributed by atoms with E-state index in [0.717, 1.165) is 22.3 Å². The van der Waals surface area contributed by atoms with Crippen molar-refractivity contribution in [3.8, 4) is 0 Å². The Kier molecular flexibility index (Phi) is 5.84. The minimum absolute atomic E-state index is 0.0130. The van der Waals surface area contributed by atoms with Gasteiger partial charge in [0.25, 0.3) is 5.56 Å². The van der Waals surface area contributed by atoms with Gasteiger partial charge in [0.15, 0.2) is 0 Å². The van der Waals surface area contributed by atoms with Gasteiger partial charge in [0.05, 0.1) is 23.6 Å². The van der Waals surface area contributed by atoms with Gasteiger partial charge >= 0.3 is 5.69 Å². The Labute approximate surface area is 175 Å². The second-order valence-electron chi connectivity index (χ2n) is 6.94. The van der Waals surface area contributed by atoms with Crippen molar-refractivity contribution in [1.82, 2.24) is 14.5 Å². The molecule has 1 atom stereocenters. The van der Waals surface area contributed by atoms with Crippen LogP contribution in [0.25, 0.3) is 10.9 Å². The SMILES string of the molecule is O=C(Cn1c(=O)n(Cc2cccs2)c(=O)c2cc(Cl)ccc21)NCC1CCCO1. The molecule has 0 spiro atoms. The molecule has 1 N–H and O–H groups in total. The van der Waals surface area contributed by atoms with E-state index in [-0.39, 0.29) is 25.1 Å². The van der Waals surface area contributed by atoms with Crippen molar-refractivity contribution in [2.24, 2.45) is 0 Å². The fraction of sp³-hybridized carbons (Fsp3) is 0.350. The Morgan fingerprint density at radius 1 is 1.28 bits per heavy atom. The van der Waals surface area contributed by atoms with Crippen molar-refractivity contribution in [1.29, 1.82) is 0 Å². The van der Waals surface area contributed by atoms with E-state index >= 15 is 0 Å². The van der Waals surface area contributed by atoms with E-state index in [1.54, 1.807) is 12.1 Å². The average molecular weight is 434 g/mol. The van der Waals surface area contributed by atoms with Crippen LogP contribution in [-0.4, -0.2) is 34.3 Å². The van der Waals surface area contributed by atoms with E-state index in [1.165, 1.54) is 22.0 Å². The topological polar surface area (TPSA) is 82.3 Å². The van der Waals surface area contributed by atoms with Crippen LogP contribution >= 0.6 is 22.9 Å². The highest BCUT2D eigenvalue weighted by Gasteiger charge is 2.19. The minimum atomic E-state index is -0.523. The zero-order valence-corrected chi connectivity index (χ0v) is 17.2. The number of fused-ring (bicyclic) bond motifs is 1. The number of benzene rings is 1. The van der Waals surface area contributed by atoms with Gasteiger partial charge in [-0.3, -0.25) is 18.7 Å². The van der Waals surface area contributed by atoms with Crippen LogP contribution in [0.1, 0.15) is 17.7 Å². The van der Waals surface area contributed by atoms with Crippen LogP contribution in [0, 0.1) is 0 Å². The molecule has 0 aliphatic carbocycles. The second-order valence-corrected chi connectivity index (χ2v) is 8.41. The highest BCUT2D eigenvalue weighted by Crippen LogP contribution is 2.16. The monoisotopic (exact) mass is 433 g/mol. The van der Waals surface area contributed by atoms with Gasteiger partial charge in [-0.25, -0.2) is 4.79 Å². The van der Waals surface area contributed by atoms with Crippen molar-refractivity contribution in [2.45, 2.75) is 32.0 Å². The molecule has 152 valence electrons. The second kappa shape index (κ2) is 8.52. The summed E-state index contributed by atoms with van der Waals surface area (Å²) in [6.07, 6.45) is 1.91. The van der Waals surface area contributed by atoms with Gasteiger partial charge in [0, 0.05) is 23.1 Å². The van der Waals surface area contributed by atoms with Crippen LogP contribution in [0.3, 0.4) is 0 Å². The number of halogens is 1. The van der Waals surface area contributed by atoms with Gasteiger partial charge < -0.3 is 10.1 Å². The Hall–Kier alpha value is -2.42. The Bertz CT molecular complexity index is 1150. The molecule has 1 aromatic carbocycles.